The summed E-state index contributed by atoms with van der Waals surface area (Å²) < 4.78 is 5.35. The topological polar surface area (TPSA) is 108 Å². The highest BCUT2D eigenvalue weighted by Gasteiger charge is 2.25. The molecule has 2 amide bonds. The van der Waals surface area contributed by atoms with Gasteiger partial charge in [0.05, 0.1) is 12.7 Å². The van der Waals surface area contributed by atoms with Crippen LogP contribution in [0.25, 0.3) is 0 Å². The van der Waals surface area contributed by atoms with Crippen molar-refractivity contribution in [1.82, 2.24) is 10.8 Å². The molecule has 0 radical (unpaired) electrons. The number of hydroxylamine groups is 1. The number of carbonyl (C=O) groups excluding carboxylic acids is 2. The second-order valence-corrected chi connectivity index (χ2v) is 6.58. The van der Waals surface area contributed by atoms with Crippen LogP contribution in [0.1, 0.15) is 40.9 Å². The molecular formula is C24H24N2O5. The lowest BCUT2D eigenvalue weighted by Crippen LogP contribution is -2.51. The molecule has 31 heavy (non-hydrogen) atoms. The number of carbonyl (C=O) groups is 2. The molecule has 160 valence electrons. The van der Waals surface area contributed by atoms with Crippen LogP contribution in [-0.2, 0) is 16.1 Å². The molecule has 0 unspecified atom stereocenters. The quantitative estimate of drug-likeness (QED) is 0.309. The Labute approximate surface area is 181 Å². The van der Waals surface area contributed by atoms with Crippen molar-refractivity contribution in [3.05, 3.63) is 70.8 Å². The van der Waals surface area contributed by atoms with Gasteiger partial charge in [-0.15, -0.1) is 0 Å². The van der Waals surface area contributed by atoms with Gasteiger partial charge in [0.15, 0.2) is 0 Å². The lowest BCUT2D eigenvalue weighted by atomic mass is 10.1. The van der Waals surface area contributed by atoms with Crippen molar-refractivity contribution in [3.63, 3.8) is 0 Å². The normalized spacial score (nSPS) is 11.7. The highest BCUT2D eigenvalue weighted by molar-refractivity contribution is 5.97. The Morgan fingerprint density at radius 1 is 1.00 bits per heavy atom. The smallest absolute Gasteiger partial charge is 0.268 e. The summed E-state index contributed by atoms with van der Waals surface area (Å²) in [5.74, 6) is 9.94. The summed E-state index contributed by atoms with van der Waals surface area (Å²) in [7, 11) is 0. The van der Waals surface area contributed by atoms with Crippen LogP contribution in [0.4, 0.5) is 0 Å². The van der Waals surface area contributed by atoms with Gasteiger partial charge in [0.1, 0.15) is 6.04 Å². The fraction of sp³-hybridized carbons (Fsp3) is 0.250. The van der Waals surface area contributed by atoms with Gasteiger partial charge in [-0.1, -0.05) is 24.0 Å². The van der Waals surface area contributed by atoms with E-state index in [4.69, 9.17) is 9.94 Å². The molecule has 7 nitrogen and oxygen atoms in total. The van der Waals surface area contributed by atoms with Crippen molar-refractivity contribution in [1.29, 1.82) is 0 Å². The fourth-order valence-electron chi connectivity index (χ4n) is 2.52. The zero-order valence-electron chi connectivity index (χ0n) is 17.3. The lowest BCUT2D eigenvalue weighted by Gasteiger charge is -2.19. The number of hydrogen-bond acceptors (Lipinski definition) is 5. The highest BCUT2D eigenvalue weighted by atomic mass is 16.5. The Morgan fingerprint density at radius 2 is 1.55 bits per heavy atom. The minimum absolute atomic E-state index is 0.278. The van der Waals surface area contributed by atoms with Gasteiger partial charge in [-0.3, -0.25) is 14.8 Å². The molecule has 7 heteroatoms. The first-order valence-corrected chi connectivity index (χ1v) is 9.66. The van der Waals surface area contributed by atoms with E-state index in [0.29, 0.717) is 18.8 Å². The predicted molar refractivity (Wildman–Crippen MR) is 115 cm³/mol. The summed E-state index contributed by atoms with van der Waals surface area (Å²) in [6.45, 7) is 4.53. The van der Waals surface area contributed by atoms with E-state index in [-0.39, 0.29) is 5.56 Å². The molecular weight excluding hydrogens is 396 g/mol. The molecule has 2 aromatic carbocycles. The van der Waals surface area contributed by atoms with Gasteiger partial charge in [0.2, 0.25) is 0 Å². The van der Waals surface area contributed by atoms with Crippen molar-refractivity contribution >= 4 is 11.8 Å². The Balaban J connectivity index is 1.98. The standard InChI is InChI=1S/C24H24N2O5/c1-3-31-16-20-10-8-18(9-11-20)6-4-5-7-19-12-14-21(15-13-19)23(28)25-22(17(2)27)24(29)26-30/h8-15,17,22,27,30H,3,16H2,1-2H3,(H,25,28)(H,26,29)/t17-,22+/m1/s1. The average Bonchev–Trinajstić information content (AvgIpc) is 2.79. The van der Waals surface area contributed by atoms with Crippen molar-refractivity contribution in [3.8, 4) is 23.7 Å². The molecule has 2 aromatic rings. The maximum atomic E-state index is 12.2. The molecule has 0 aliphatic rings. The van der Waals surface area contributed by atoms with Crippen molar-refractivity contribution in [2.75, 3.05) is 6.61 Å². The van der Waals surface area contributed by atoms with E-state index in [1.54, 1.807) is 24.3 Å². The van der Waals surface area contributed by atoms with E-state index in [9.17, 15) is 14.7 Å². The first-order valence-electron chi connectivity index (χ1n) is 9.66. The Hall–Kier alpha value is -3.62. The number of benzene rings is 2. The van der Waals surface area contributed by atoms with Gasteiger partial charge < -0.3 is 15.2 Å². The molecule has 0 heterocycles. The minimum Gasteiger partial charge on any atom is -0.391 e. The summed E-state index contributed by atoms with van der Waals surface area (Å²) in [5, 5.41) is 20.6. The number of nitrogens with one attached hydrogen (secondary N) is 2. The number of hydrogen-bond donors (Lipinski definition) is 4. The first-order chi connectivity index (χ1) is 14.9. The second-order valence-electron chi connectivity index (χ2n) is 6.58. The third-order valence-electron chi connectivity index (χ3n) is 4.21. The third-order valence-corrected chi connectivity index (χ3v) is 4.21. The maximum absolute atomic E-state index is 12.2. The van der Waals surface area contributed by atoms with E-state index >= 15 is 0 Å². The average molecular weight is 420 g/mol. The van der Waals surface area contributed by atoms with Gasteiger partial charge in [-0.2, -0.15) is 0 Å². The first kappa shape index (κ1) is 23.7. The largest absolute Gasteiger partial charge is 0.391 e. The number of ether oxygens (including phenoxy) is 1. The van der Waals surface area contributed by atoms with E-state index in [1.807, 2.05) is 31.2 Å². The van der Waals surface area contributed by atoms with Gasteiger partial charge in [-0.25, -0.2) is 5.48 Å². The minimum atomic E-state index is -1.28. The zero-order chi connectivity index (χ0) is 22.6. The molecule has 0 saturated heterocycles. The Kier molecular flexibility index (Phi) is 9.28. The van der Waals surface area contributed by atoms with E-state index in [0.717, 1.165) is 11.1 Å². The molecule has 0 aliphatic heterocycles. The van der Waals surface area contributed by atoms with Crippen LogP contribution < -0.4 is 10.8 Å². The van der Waals surface area contributed by atoms with Crippen LogP contribution in [-0.4, -0.2) is 40.9 Å². The van der Waals surface area contributed by atoms with Gasteiger partial charge in [-0.05, 0) is 67.6 Å². The predicted octanol–water partition coefficient (Wildman–Crippen LogP) is 1.61. The third kappa shape index (κ3) is 7.61. The summed E-state index contributed by atoms with van der Waals surface area (Å²) in [6.07, 6.45) is -1.18. The van der Waals surface area contributed by atoms with E-state index in [1.165, 1.54) is 12.4 Å². The summed E-state index contributed by atoms with van der Waals surface area (Å²) in [6, 6.07) is 12.8. The molecule has 0 bridgehead atoms. The molecule has 4 N–H and O–H groups in total. The summed E-state index contributed by atoms with van der Waals surface area (Å²) in [4.78, 5) is 23.8. The number of aliphatic hydroxyl groups excluding tert-OH is 1. The SMILES string of the molecule is CCOCc1ccc(C#CC#Cc2ccc(C(=O)N[C@H](C(=O)NO)[C@@H](C)O)cc2)cc1. The van der Waals surface area contributed by atoms with E-state index < -0.39 is 24.0 Å². The van der Waals surface area contributed by atoms with Gasteiger partial charge in [0, 0.05) is 23.3 Å². The lowest BCUT2D eigenvalue weighted by molar-refractivity contribution is -0.133. The fourth-order valence-corrected chi connectivity index (χ4v) is 2.52. The number of amides is 2. The zero-order valence-corrected chi connectivity index (χ0v) is 17.3. The molecule has 0 spiro atoms. The van der Waals surface area contributed by atoms with Crippen molar-refractivity contribution < 1.29 is 24.6 Å². The highest BCUT2D eigenvalue weighted by Crippen LogP contribution is 2.06. The van der Waals surface area contributed by atoms with Crippen LogP contribution in [0.5, 0.6) is 0 Å². The molecule has 2 atom stereocenters. The van der Waals surface area contributed by atoms with Crippen LogP contribution in [0.15, 0.2) is 48.5 Å². The molecule has 2 rings (SSSR count). The van der Waals surface area contributed by atoms with Gasteiger partial charge in [0.25, 0.3) is 11.8 Å². The second kappa shape index (κ2) is 12.2. The van der Waals surface area contributed by atoms with Crippen LogP contribution in [0, 0.1) is 23.7 Å². The van der Waals surface area contributed by atoms with Crippen molar-refractivity contribution in [2.24, 2.45) is 0 Å². The molecule has 0 aromatic heterocycles. The monoisotopic (exact) mass is 420 g/mol. The van der Waals surface area contributed by atoms with Crippen LogP contribution >= 0.6 is 0 Å². The number of rotatable bonds is 7. The van der Waals surface area contributed by atoms with Crippen LogP contribution in [0.3, 0.4) is 0 Å². The van der Waals surface area contributed by atoms with Crippen LogP contribution in [0.2, 0.25) is 0 Å². The Morgan fingerprint density at radius 3 is 2.03 bits per heavy atom. The van der Waals surface area contributed by atoms with Crippen molar-refractivity contribution in [2.45, 2.75) is 32.6 Å². The summed E-state index contributed by atoms with van der Waals surface area (Å²) in [5.41, 5.74) is 4.29. The van der Waals surface area contributed by atoms with E-state index in [2.05, 4.69) is 29.0 Å². The maximum Gasteiger partial charge on any atom is 0.268 e. The Bertz CT molecular complexity index is 1010. The molecule has 0 fully saturated rings. The van der Waals surface area contributed by atoms with Gasteiger partial charge >= 0.3 is 0 Å². The number of aliphatic hydroxyl groups is 1. The molecule has 0 aliphatic carbocycles. The summed E-state index contributed by atoms with van der Waals surface area (Å²) >= 11 is 0. The molecule has 0 saturated carbocycles.